The number of halogens is 1. The molecule has 150 valence electrons. The number of imide groups is 2. The molecule has 1 aliphatic heterocycles. The molecule has 0 aliphatic carbocycles. The van der Waals surface area contributed by atoms with Crippen molar-refractivity contribution in [2.45, 2.75) is 6.54 Å². The molecule has 0 unspecified atom stereocenters. The molecule has 30 heavy (non-hydrogen) atoms. The minimum atomic E-state index is -0.774. The Morgan fingerprint density at radius 3 is 2.53 bits per heavy atom. The number of aromatic nitrogens is 1. The van der Waals surface area contributed by atoms with Gasteiger partial charge in [0.2, 0.25) is 0 Å². The van der Waals surface area contributed by atoms with Crippen LogP contribution in [0.1, 0.15) is 11.1 Å². The van der Waals surface area contributed by atoms with Gasteiger partial charge in [-0.15, -0.1) is 6.58 Å². The maximum absolute atomic E-state index is 14.1. The molecular formula is C23H18FN3O3. The number of nitrogens with one attached hydrogen (secondary N) is 1. The van der Waals surface area contributed by atoms with Gasteiger partial charge in [-0.1, -0.05) is 42.5 Å². The van der Waals surface area contributed by atoms with Gasteiger partial charge in [0.05, 0.1) is 6.54 Å². The summed E-state index contributed by atoms with van der Waals surface area (Å²) in [5.74, 6) is -1.75. The second-order valence-electron chi connectivity index (χ2n) is 6.84. The van der Waals surface area contributed by atoms with E-state index in [1.54, 1.807) is 24.4 Å². The van der Waals surface area contributed by atoms with Gasteiger partial charge in [-0.3, -0.25) is 19.8 Å². The number of amides is 4. The van der Waals surface area contributed by atoms with Crippen molar-refractivity contribution in [3.05, 3.63) is 89.9 Å². The molecule has 4 amide bonds. The average molecular weight is 403 g/mol. The summed E-state index contributed by atoms with van der Waals surface area (Å²) in [6.45, 7) is 3.81. The number of benzene rings is 2. The van der Waals surface area contributed by atoms with Gasteiger partial charge in [-0.2, -0.15) is 0 Å². The Balaban J connectivity index is 1.79. The molecular weight excluding hydrogens is 385 g/mol. The first-order valence-corrected chi connectivity index (χ1v) is 9.30. The second kappa shape index (κ2) is 7.79. The molecule has 2 heterocycles. The predicted molar refractivity (Wildman–Crippen MR) is 111 cm³/mol. The van der Waals surface area contributed by atoms with Crippen molar-refractivity contribution in [3.63, 3.8) is 0 Å². The summed E-state index contributed by atoms with van der Waals surface area (Å²) in [6, 6.07) is 13.2. The molecule has 3 aromatic rings. The Hall–Kier alpha value is -4.00. The van der Waals surface area contributed by atoms with E-state index in [0.717, 1.165) is 15.8 Å². The zero-order chi connectivity index (χ0) is 21.3. The molecule has 0 saturated carbocycles. The zero-order valence-electron chi connectivity index (χ0n) is 16.0. The Kier molecular flexibility index (Phi) is 5.02. The number of hydrogen-bond donors (Lipinski definition) is 1. The molecule has 1 aliphatic rings. The van der Waals surface area contributed by atoms with E-state index < -0.39 is 17.8 Å². The number of carbonyl (C=O) groups excluding carboxylic acids is 3. The van der Waals surface area contributed by atoms with Crippen molar-refractivity contribution >= 4 is 34.8 Å². The van der Waals surface area contributed by atoms with E-state index in [-0.39, 0.29) is 24.5 Å². The first-order valence-electron chi connectivity index (χ1n) is 9.30. The van der Waals surface area contributed by atoms with Crippen molar-refractivity contribution in [3.8, 4) is 0 Å². The minimum absolute atomic E-state index is 0.00959. The molecule has 1 N–H and O–H groups in total. The molecule has 4 rings (SSSR count). The topological polar surface area (TPSA) is 71.4 Å². The second-order valence-corrected chi connectivity index (χ2v) is 6.84. The highest BCUT2D eigenvalue weighted by Gasteiger charge is 2.35. The van der Waals surface area contributed by atoms with E-state index >= 15 is 0 Å². The van der Waals surface area contributed by atoms with Crippen LogP contribution in [-0.4, -0.2) is 33.9 Å². The van der Waals surface area contributed by atoms with Crippen molar-refractivity contribution in [2.75, 3.05) is 6.54 Å². The third-order valence-corrected chi connectivity index (χ3v) is 4.92. The molecule has 1 aromatic heterocycles. The van der Waals surface area contributed by atoms with Gasteiger partial charge >= 0.3 is 6.03 Å². The fourth-order valence-corrected chi connectivity index (χ4v) is 3.48. The summed E-state index contributed by atoms with van der Waals surface area (Å²) in [5, 5.41) is 2.97. The highest BCUT2D eigenvalue weighted by atomic mass is 19.1. The quantitative estimate of drug-likeness (QED) is 0.403. The number of para-hydroxylation sites is 1. The fraction of sp³-hybridized carbons (Fsp3) is 0.0870. The third kappa shape index (κ3) is 3.41. The summed E-state index contributed by atoms with van der Waals surface area (Å²) < 4.78 is 16.0. The highest BCUT2D eigenvalue weighted by Crippen LogP contribution is 2.26. The smallest absolute Gasteiger partial charge is 0.331 e. The van der Waals surface area contributed by atoms with Crippen LogP contribution in [0.4, 0.5) is 9.18 Å². The van der Waals surface area contributed by atoms with E-state index in [1.165, 1.54) is 18.2 Å². The van der Waals surface area contributed by atoms with Gasteiger partial charge in [-0.25, -0.2) is 9.18 Å². The van der Waals surface area contributed by atoms with Crippen molar-refractivity contribution in [1.82, 2.24) is 14.8 Å². The molecule has 0 spiro atoms. The van der Waals surface area contributed by atoms with Crippen LogP contribution in [0.2, 0.25) is 0 Å². The molecule has 6 nitrogen and oxygen atoms in total. The van der Waals surface area contributed by atoms with Gasteiger partial charge in [-0.05, 0) is 18.2 Å². The molecule has 2 aromatic carbocycles. The van der Waals surface area contributed by atoms with Crippen LogP contribution in [0.5, 0.6) is 0 Å². The molecule has 1 saturated heterocycles. The van der Waals surface area contributed by atoms with E-state index in [1.807, 2.05) is 28.8 Å². The van der Waals surface area contributed by atoms with Crippen LogP contribution in [0.15, 0.2) is 73.0 Å². The van der Waals surface area contributed by atoms with Gasteiger partial charge in [0.15, 0.2) is 0 Å². The molecule has 0 bridgehead atoms. The first-order chi connectivity index (χ1) is 14.5. The fourth-order valence-electron chi connectivity index (χ4n) is 3.48. The van der Waals surface area contributed by atoms with E-state index in [9.17, 15) is 18.8 Å². The normalized spacial score (nSPS) is 15.7. The summed E-state index contributed by atoms with van der Waals surface area (Å²) in [5.41, 5.74) is 1.82. The summed E-state index contributed by atoms with van der Waals surface area (Å²) in [4.78, 5) is 37.8. The van der Waals surface area contributed by atoms with Gasteiger partial charge in [0.25, 0.3) is 11.8 Å². The lowest BCUT2D eigenvalue weighted by atomic mass is 10.1. The largest absolute Gasteiger partial charge is 0.342 e. The standard InChI is InChI=1S/C23H18FN3O3/c1-2-11-27-22(29)18(21(28)25-23(27)30)12-16-14-26(20-10-6-4-8-17(16)20)13-15-7-3-5-9-19(15)24/h2-10,12,14H,1,11,13H2,(H,25,28,30). The number of hydrogen-bond acceptors (Lipinski definition) is 3. The predicted octanol–water partition coefficient (Wildman–Crippen LogP) is 3.48. The Morgan fingerprint density at radius 2 is 1.77 bits per heavy atom. The zero-order valence-corrected chi connectivity index (χ0v) is 16.0. The van der Waals surface area contributed by atoms with Gasteiger partial charge in [0, 0.05) is 34.8 Å². The summed E-state index contributed by atoms with van der Waals surface area (Å²) >= 11 is 0. The molecule has 1 fully saturated rings. The maximum atomic E-state index is 14.1. The SMILES string of the molecule is C=CCN1C(=O)NC(=O)C(=Cc2cn(Cc3ccccc3F)c3ccccc23)C1=O. The van der Waals surface area contributed by atoms with Crippen molar-refractivity contribution < 1.29 is 18.8 Å². The summed E-state index contributed by atoms with van der Waals surface area (Å²) in [7, 11) is 0. The monoisotopic (exact) mass is 403 g/mol. The van der Waals surface area contributed by atoms with E-state index in [4.69, 9.17) is 0 Å². The number of nitrogens with zero attached hydrogens (tertiary/aromatic N) is 2. The highest BCUT2D eigenvalue weighted by molar-refractivity contribution is 6.31. The van der Waals surface area contributed by atoms with Crippen LogP contribution in [0, 0.1) is 5.82 Å². The summed E-state index contributed by atoms with van der Waals surface area (Å²) in [6.07, 6.45) is 4.63. The van der Waals surface area contributed by atoms with Crippen molar-refractivity contribution in [1.29, 1.82) is 0 Å². The number of urea groups is 1. The molecule has 0 atom stereocenters. The Labute approximate surface area is 171 Å². The third-order valence-electron chi connectivity index (χ3n) is 4.92. The molecule has 7 heteroatoms. The van der Waals surface area contributed by atoms with Gasteiger partial charge in [0.1, 0.15) is 11.4 Å². The first kappa shape index (κ1) is 19.3. The average Bonchev–Trinajstić information content (AvgIpc) is 3.07. The number of fused-ring (bicyclic) bond motifs is 1. The van der Waals surface area contributed by atoms with Crippen LogP contribution in [0.25, 0.3) is 17.0 Å². The van der Waals surface area contributed by atoms with Crippen LogP contribution in [-0.2, 0) is 16.1 Å². The van der Waals surface area contributed by atoms with Gasteiger partial charge < -0.3 is 4.57 Å². The van der Waals surface area contributed by atoms with Crippen LogP contribution in [0.3, 0.4) is 0 Å². The van der Waals surface area contributed by atoms with E-state index in [2.05, 4.69) is 11.9 Å². The minimum Gasteiger partial charge on any atom is -0.342 e. The lowest BCUT2D eigenvalue weighted by Gasteiger charge is -2.25. The van der Waals surface area contributed by atoms with E-state index in [0.29, 0.717) is 11.1 Å². The van der Waals surface area contributed by atoms with Crippen LogP contribution >= 0.6 is 0 Å². The maximum Gasteiger partial charge on any atom is 0.331 e. The van der Waals surface area contributed by atoms with Crippen molar-refractivity contribution in [2.24, 2.45) is 0 Å². The Morgan fingerprint density at radius 1 is 1.03 bits per heavy atom. The lowest BCUT2D eigenvalue weighted by Crippen LogP contribution is -2.54. The Bertz CT molecular complexity index is 1230. The number of rotatable bonds is 5. The number of carbonyl (C=O) groups is 3. The number of barbiturate groups is 1. The van der Waals surface area contributed by atoms with Crippen LogP contribution < -0.4 is 5.32 Å². The molecule has 0 radical (unpaired) electrons. The lowest BCUT2D eigenvalue weighted by molar-refractivity contribution is -0.129.